The first kappa shape index (κ1) is 16.1. The second-order valence-corrected chi connectivity index (χ2v) is 7.38. The van der Waals surface area contributed by atoms with Crippen LogP contribution in [0.5, 0.6) is 0 Å². The highest BCUT2D eigenvalue weighted by atomic mass is 16.2. The Morgan fingerprint density at radius 2 is 1.56 bits per heavy atom. The number of imide groups is 1. The van der Waals surface area contributed by atoms with E-state index in [0.717, 1.165) is 28.8 Å². The van der Waals surface area contributed by atoms with E-state index in [1.165, 1.54) is 4.90 Å². The quantitative estimate of drug-likeness (QED) is 0.775. The van der Waals surface area contributed by atoms with Crippen molar-refractivity contribution in [2.24, 2.45) is 0 Å². The number of aryl methyl sites for hydroxylation is 3. The number of hydrogen-bond donors (Lipinski definition) is 0. The fourth-order valence-electron chi connectivity index (χ4n) is 4.66. The fourth-order valence-corrected chi connectivity index (χ4v) is 4.66. The lowest BCUT2D eigenvalue weighted by molar-refractivity contribution is -0.133. The third-order valence-corrected chi connectivity index (χ3v) is 5.62. The zero-order valence-corrected chi connectivity index (χ0v) is 14.9. The summed E-state index contributed by atoms with van der Waals surface area (Å²) < 4.78 is 0. The van der Waals surface area contributed by atoms with Crippen LogP contribution in [0, 0.1) is 20.8 Å². The molecule has 3 fully saturated rings. The number of nitrogens with zero attached hydrogens (tertiary/aromatic N) is 3. The molecule has 0 N–H and O–H groups in total. The molecule has 0 saturated carbocycles. The predicted molar refractivity (Wildman–Crippen MR) is 93.4 cm³/mol. The van der Waals surface area contributed by atoms with Crippen molar-refractivity contribution in [1.29, 1.82) is 0 Å². The molecule has 3 heterocycles. The second-order valence-electron chi connectivity index (χ2n) is 7.38. The van der Waals surface area contributed by atoms with E-state index in [-0.39, 0.29) is 23.9 Å². The maximum atomic E-state index is 13.1. The Balaban J connectivity index is 1.63. The van der Waals surface area contributed by atoms with Crippen LogP contribution in [-0.4, -0.2) is 52.8 Å². The minimum Gasteiger partial charge on any atom is -0.312 e. The highest BCUT2D eigenvalue weighted by molar-refractivity contribution is 6.11. The minimum atomic E-state index is -0.661. The number of carbonyl (C=O) groups is 3. The third-order valence-electron chi connectivity index (χ3n) is 5.62. The molecule has 6 nitrogen and oxygen atoms in total. The summed E-state index contributed by atoms with van der Waals surface area (Å²) in [6, 6.07) is 2.82. The second kappa shape index (κ2) is 5.58. The Morgan fingerprint density at radius 3 is 2.20 bits per heavy atom. The number of rotatable bonds is 2. The van der Waals surface area contributed by atoms with Crippen molar-refractivity contribution in [2.45, 2.75) is 52.1 Å². The van der Waals surface area contributed by atoms with Gasteiger partial charge in [-0.05, 0) is 51.2 Å². The van der Waals surface area contributed by atoms with E-state index >= 15 is 0 Å². The van der Waals surface area contributed by atoms with Gasteiger partial charge in [-0.1, -0.05) is 17.7 Å². The molecule has 3 saturated heterocycles. The lowest BCUT2D eigenvalue weighted by atomic mass is 10.0. The van der Waals surface area contributed by atoms with Crippen LogP contribution in [0.3, 0.4) is 0 Å². The lowest BCUT2D eigenvalue weighted by Gasteiger charge is -2.24. The molecule has 4 rings (SSSR count). The van der Waals surface area contributed by atoms with Gasteiger partial charge in [-0.2, -0.15) is 0 Å². The van der Waals surface area contributed by atoms with E-state index in [0.29, 0.717) is 25.9 Å². The molecule has 0 bridgehead atoms. The average molecular weight is 341 g/mol. The molecule has 6 heteroatoms. The maximum Gasteiger partial charge on any atom is 0.328 e. The Hall–Kier alpha value is -2.37. The average Bonchev–Trinajstić information content (AvgIpc) is 3.20. The lowest BCUT2D eigenvalue weighted by Crippen LogP contribution is -2.46. The van der Waals surface area contributed by atoms with E-state index in [2.05, 4.69) is 12.1 Å². The van der Waals surface area contributed by atoms with E-state index in [9.17, 15) is 14.4 Å². The molecule has 0 spiro atoms. The molecule has 4 amide bonds. The van der Waals surface area contributed by atoms with Gasteiger partial charge < -0.3 is 9.80 Å². The molecule has 3 aliphatic heterocycles. The number of fused-ring (bicyclic) bond motifs is 1. The van der Waals surface area contributed by atoms with Crippen LogP contribution in [0.4, 0.5) is 10.5 Å². The van der Waals surface area contributed by atoms with Gasteiger partial charge in [0.1, 0.15) is 12.1 Å². The summed E-state index contributed by atoms with van der Waals surface area (Å²) in [6.45, 7) is 7.19. The Morgan fingerprint density at radius 1 is 0.880 bits per heavy atom. The molecular weight excluding hydrogens is 318 g/mol. The van der Waals surface area contributed by atoms with Crippen molar-refractivity contribution in [3.8, 4) is 0 Å². The summed E-state index contributed by atoms with van der Waals surface area (Å²) in [7, 11) is 0. The zero-order chi connectivity index (χ0) is 17.9. The number of benzene rings is 1. The highest BCUT2D eigenvalue weighted by Crippen LogP contribution is 2.35. The predicted octanol–water partition coefficient (Wildman–Crippen LogP) is 2.14. The summed E-state index contributed by atoms with van der Waals surface area (Å²) in [6.07, 6.45) is 2.08. The summed E-state index contributed by atoms with van der Waals surface area (Å²) in [5.41, 5.74) is 4.17. The topological polar surface area (TPSA) is 60.9 Å². The normalized spacial score (nSPS) is 26.2. The summed E-state index contributed by atoms with van der Waals surface area (Å²) in [4.78, 5) is 42.9. The standard InChI is InChI=1S/C19H23N3O3/c1-11-9-12(2)16(13(3)10-11)21-8-6-15(17(21)23)22-18(24)14-5-4-7-20(14)19(22)25/h9-10,14-15H,4-8H2,1-3H3/t14-,15?/m0/s1. The van der Waals surface area contributed by atoms with Gasteiger partial charge >= 0.3 is 6.03 Å². The third kappa shape index (κ3) is 2.27. The maximum absolute atomic E-state index is 13.1. The van der Waals surface area contributed by atoms with Crippen LogP contribution < -0.4 is 4.90 Å². The largest absolute Gasteiger partial charge is 0.328 e. The molecule has 1 aromatic rings. The first-order valence-corrected chi connectivity index (χ1v) is 8.93. The van der Waals surface area contributed by atoms with Crippen LogP contribution in [0.15, 0.2) is 12.1 Å². The number of carbonyl (C=O) groups excluding carboxylic acids is 3. The minimum absolute atomic E-state index is 0.141. The summed E-state index contributed by atoms with van der Waals surface area (Å²) in [5.74, 6) is -0.335. The van der Waals surface area contributed by atoms with Gasteiger partial charge in [0.2, 0.25) is 5.91 Å². The molecule has 2 atom stereocenters. The molecule has 1 unspecified atom stereocenters. The van der Waals surface area contributed by atoms with Gasteiger partial charge in [0.15, 0.2) is 0 Å². The Kier molecular flexibility index (Phi) is 3.60. The molecule has 132 valence electrons. The Bertz CT molecular complexity index is 743. The number of hydrogen-bond acceptors (Lipinski definition) is 3. The molecule has 25 heavy (non-hydrogen) atoms. The van der Waals surface area contributed by atoms with Crippen molar-refractivity contribution in [3.05, 3.63) is 28.8 Å². The van der Waals surface area contributed by atoms with Gasteiger partial charge in [-0.3, -0.25) is 9.59 Å². The van der Waals surface area contributed by atoms with Crippen LogP contribution in [0.2, 0.25) is 0 Å². The molecule has 1 aromatic carbocycles. The van der Waals surface area contributed by atoms with Gasteiger partial charge in [0.05, 0.1) is 0 Å². The molecule has 0 aliphatic carbocycles. The molecule has 0 aromatic heterocycles. The summed E-state index contributed by atoms with van der Waals surface area (Å²) >= 11 is 0. The SMILES string of the molecule is Cc1cc(C)c(N2CCC(N3C(=O)[C@@H]4CCCN4C3=O)C2=O)c(C)c1. The van der Waals surface area contributed by atoms with E-state index in [1.807, 2.05) is 20.8 Å². The summed E-state index contributed by atoms with van der Waals surface area (Å²) in [5, 5.41) is 0. The highest BCUT2D eigenvalue weighted by Gasteiger charge is 2.53. The van der Waals surface area contributed by atoms with Crippen LogP contribution in [0.25, 0.3) is 0 Å². The van der Waals surface area contributed by atoms with Crippen LogP contribution in [-0.2, 0) is 9.59 Å². The van der Waals surface area contributed by atoms with Gasteiger partial charge in [-0.15, -0.1) is 0 Å². The van der Waals surface area contributed by atoms with E-state index in [4.69, 9.17) is 0 Å². The smallest absolute Gasteiger partial charge is 0.312 e. The van der Waals surface area contributed by atoms with Crippen molar-refractivity contribution in [1.82, 2.24) is 9.80 Å². The monoisotopic (exact) mass is 341 g/mol. The van der Waals surface area contributed by atoms with Gasteiger partial charge in [0.25, 0.3) is 5.91 Å². The first-order chi connectivity index (χ1) is 11.9. The Labute approximate surface area is 147 Å². The van der Waals surface area contributed by atoms with Gasteiger partial charge in [-0.25, -0.2) is 9.69 Å². The molecule has 0 radical (unpaired) electrons. The first-order valence-electron chi connectivity index (χ1n) is 8.93. The van der Waals surface area contributed by atoms with Crippen molar-refractivity contribution in [3.63, 3.8) is 0 Å². The zero-order valence-electron chi connectivity index (χ0n) is 14.9. The van der Waals surface area contributed by atoms with Crippen molar-refractivity contribution in [2.75, 3.05) is 18.0 Å². The van der Waals surface area contributed by atoms with Crippen LogP contribution in [0.1, 0.15) is 36.0 Å². The van der Waals surface area contributed by atoms with Crippen LogP contribution >= 0.6 is 0 Å². The number of amides is 4. The van der Waals surface area contributed by atoms with E-state index < -0.39 is 6.04 Å². The number of anilines is 1. The van der Waals surface area contributed by atoms with Crippen molar-refractivity contribution >= 4 is 23.5 Å². The van der Waals surface area contributed by atoms with Crippen molar-refractivity contribution < 1.29 is 14.4 Å². The van der Waals surface area contributed by atoms with Gasteiger partial charge in [0, 0.05) is 18.8 Å². The fraction of sp³-hybridized carbons (Fsp3) is 0.526. The molecule has 3 aliphatic rings. The number of urea groups is 1. The molecular formula is C19H23N3O3. The van der Waals surface area contributed by atoms with E-state index in [1.54, 1.807) is 9.80 Å².